The van der Waals surface area contributed by atoms with Gasteiger partial charge in [0, 0.05) is 29.6 Å². The zero-order valence-electron chi connectivity index (χ0n) is 40.9. The molecule has 6 aliphatic rings. The Kier molecular flexibility index (Phi) is 14.5. The van der Waals surface area contributed by atoms with E-state index >= 15 is 0 Å². The molecule has 13 nitrogen and oxygen atoms in total. The number of aliphatic hydroxyl groups excluding tert-OH is 1. The van der Waals surface area contributed by atoms with E-state index in [-0.39, 0.29) is 30.0 Å². The third-order valence-corrected chi connectivity index (χ3v) is 17.5. The predicted molar refractivity (Wildman–Crippen MR) is 237 cm³/mol. The zero-order valence-corrected chi connectivity index (χ0v) is 40.9. The van der Waals surface area contributed by atoms with Gasteiger partial charge < -0.3 is 49.6 Å². The van der Waals surface area contributed by atoms with Crippen LogP contribution in [0.25, 0.3) is 0 Å². The molecule has 3 spiro atoms. The Morgan fingerprint density at radius 2 is 1.47 bits per heavy atom. The van der Waals surface area contributed by atoms with Crippen LogP contribution in [-0.2, 0) is 33.3 Å². The Labute approximate surface area is 395 Å². The number of aliphatic hydroxyl groups is 2. The van der Waals surface area contributed by atoms with E-state index in [0.29, 0.717) is 57.8 Å². The number of ketones is 1. The van der Waals surface area contributed by atoms with Crippen molar-refractivity contribution < 1.29 is 75.3 Å². The molecule has 1 saturated carbocycles. The van der Waals surface area contributed by atoms with Crippen LogP contribution in [0.2, 0.25) is 0 Å². The number of halogens is 5. The third kappa shape index (κ3) is 8.60. The number of Topliss-reactive ketones (excluding diaryl/α,β-unsaturated/α-hetero) is 1. The summed E-state index contributed by atoms with van der Waals surface area (Å²) >= 11 is 0. The molecular weight excluding hydrogens is 900 g/mol. The molecule has 18 atom stereocenters. The number of benzene rings is 1. The first kappa shape index (κ1) is 52.6. The summed E-state index contributed by atoms with van der Waals surface area (Å²) in [5.41, 5.74) is -5.32. The minimum absolute atomic E-state index is 0.0209. The number of nitrogens with one attached hydrogen (secondary N) is 2. The summed E-state index contributed by atoms with van der Waals surface area (Å²) in [6.07, 6.45) is 4.32. The van der Waals surface area contributed by atoms with Crippen molar-refractivity contribution in [3.63, 3.8) is 0 Å². The van der Waals surface area contributed by atoms with E-state index < -0.39 is 135 Å². The fraction of sp³-hybridized carbons (Fsp3) is 0.780. The van der Waals surface area contributed by atoms with Gasteiger partial charge in [-0.2, -0.15) is 0 Å². The Bertz CT molecular complexity index is 2120. The molecule has 5 N–H and O–H groups in total. The number of carboxylic acids is 1. The fourth-order valence-electron chi connectivity index (χ4n) is 12.8. The van der Waals surface area contributed by atoms with Crippen LogP contribution in [0.1, 0.15) is 140 Å². The summed E-state index contributed by atoms with van der Waals surface area (Å²) < 4.78 is 106. The number of aliphatic carboxylic acids is 1. The molecule has 1 aromatic rings. The molecule has 0 aromatic heterocycles. The van der Waals surface area contributed by atoms with Crippen molar-refractivity contribution in [3.05, 3.63) is 41.2 Å². The lowest BCUT2D eigenvalue weighted by atomic mass is 9.72. The van der Waals surface area contributed by atoms with Gasteiger partial charge in [0.2, 0.25) is 5.82 Å². The first-order valence-corrected chi connectivity index (χ1v) is 24.6. The normalized spacial score (nSPS) is 41.9. The summed E-state index contributed by atoms with van der Waals surface area (Å²) in [5.74, 6) is -18.7. The number of hydrogen-bond acceptors (Lipinski definition) is 10. The number of amides is 2. The molecule has 1 aliphatic carbocycles. The molecule has 4 saturated heterocycles. The van der Waals surface area contributed by atoms with Gasteiger partial charge in [0.15, 0.2) is 34.8 Å². The van der Waals surface area contributed by atoms with E-state index in [1.807, 2.05) is 55.4 Å². The average molecular weight is 971 g/mol. The molecule has 5 fully saturated rings. The maximum atomic E-state index is 14.8. The van der Waals surface area contributed by atoms with Crippen LogP contribution < -0.4 is 10.6 Å². The van der Waals surface area contributed by atoms with E-state index in [4.69, 9.17) is 23.7 Å². The van der Waals surface area contributed by atoms with Crippen LogP contribution in [-0.4, -0.2) is 98.0 Å². The molecule has 5 aliphatic heterocycles. The van der Waals surface area contributed by atoms with Gasteiger partial charge in [-0.15, -0.1) is 0 Å². The van der Waals surface area contributed by atoms with E-state index in [0.717, 1.165) is 6.42 Å². The zero-order chi connectivity index (χ0) is 50.3. The Hall–Kier alpha value is -3.26. The van der Waals surface area contributed by atoms with Gasteiger partial charge in [-0.25, -0.2) is 26.7 Å². The lowest BCUT2D eigenvalue weighted by Gasteiger charge is -2.55. The van der Waals surface area contributed by atoms with E-state index in [1.54, 1.807) is 31.3 Å². The summed E-state index contributed by atoms with van der Waals surface area (Å²) in [6.45, 7) is 18.7. The van der Waals surface area contributed by atoms with Crippen LogP contribution in [0.4, 0.5) is 32.4 Å². The highest BCUT2D eigenvalue weighted by molar-refractivity contribution is 5.90. The smallest absolute Gasteiger partial charge is 0.320 e. The second-order valence-electron chi connectivity index (χ2n) is 21.5. The number of hydrogen-bond donors (Lipinski definition) is 5. The number of anilines is 1. The highest BCUT2D eigenvalue weighted by Gasteiger charge is 2.74. The molecule has 1 aromatic carbocycles. The number of urea groups is 1. The number of rotatable bonds is 13. The predicted octanol–water partition coefficient (Wildman–Crippen LogP) is 8.86. The lowest BCUT2D eigenvalue weighted by molar-refractivity contribution is -0.397. The SMILES string of the molecule is CCC(C(=O)[C@@H](C)[C@@H](O)C1(C)C[C@]12O[C@@H]([C@@H](CC)C(=O)O)CC[C@@H]2C)[C@H]1O[C@]2(C=CC(NC(=O)Nc3c(F)c(F)c(F)c(F)c3F)[C@]3(CC[C@@](C)([C@H]4CC[C@](O)(CC)[C@H](C)O4)O3)O2)[C@H](C)C[C@@H]1C. The molecular formula is C50H71F5N2O11. The lowest BCUT2D eigenvalue weighted by Crippen LogP contribution is -2.66. The van der Waals surface area contributed by atoms with E-state index in [2.05, 4.69) is 5.32 Å². The summed E-state index contributed by atoms with van der Waals surface area (Å²) in [7, 11) is 0. The van der Waals surface area contributed by atoms with Gasteiger partial charge in [0.25, 0.3) is 0 Å². The van der Waals surface area contributed by atoms with Crippen molar-refractivity contribution >= 4 is 23.5 Å². The molecule has 3 unspecified atom stereocenters. The molecule has 2 amide bonds. The van der Waals surface area contributed by atoms with Gasteiger partial charge >= 0.3 is 12.0 Å². The Morgan fingerprint density at radius 1 is 0.838 bits per heavy atom. The van der Waals surface area contributed by atoms with Crippen LogP contribution in [0.5, 0.6) is 0 Å². The number of carbonyl (C=O) groups is 3. The van der Waals surface area contributed by atoms with Crippen molar-refractivity contribution in [3.8, 4) is 0 Å². The molecule has 0 radical (unpaired) electrons. The molecule has 7 rings (SSSR count). The topological polar surface area (TPSA) is 182 Å². The molecule has 0 bridgehead atoms. The van der Waals surface area contributed by atoms with Crippen molar-refractivity contribution in [1.29, 1.82) is 0 Å². The number of ether oxygens (including phenoxy) is 5. The third-order valence-electron chi connectivity index (χ3n) is 17.5. The van der Waals surface area contributed by atoms with Crippen molar-refractivity contribution in [2.75, 3.05) is 5.32 Å². The van der Waals surface area contributed by atoms with E-state index in [9.17, 15) is 51.7 Å². The van der Waals surface area contributed by atoms with Crippen molar-refractivity contribution in [2.45, 2.75) is 205 Å². The summed E-state index contributed by atoms with van der Waals surface area (Å²) in [6, 6.07) is -2.57. The highest BCUT2D eigenvalue weighted by Crippen LogP contribution is 2.68. The Morgan fingerprint density at radius 3 is 2.06 bits per heavy atom. The molecule has 18 heteroatoms. The van der Waals surface area contributed by atoms with Gasteiger partial charge in [-0.1, -0.05) is 61.5 Å². The van der Waals surface area contributed by atoms with Crippen LogP contribution in [0.15, 0.2) is 12.2 Å². The standard InChI is InChI=1S/C50H71F5N2O11/c1-11-29(43(60)61)31-15-14-25(5)48(65-31)23-45(48,9)42(59)27(7)40(58)30(12-2)41-24(4)22-26(6)49(66-41)19-16-32(56-44(62)57-39-37(54)35(52)34(51)36(53)38(39)55)50(68-49)21-20-46(10,67-50)33-17-18-47(63,13-3)28(8)64-33/h16,19,24-33,41-42,59,63H,11-15,17-18,20-23H2,1-10H3,(H,60,61)(H2,56,57,62)/t24-,25-,26+,27+,28-,29+,30?,31+,32?,33+,41-,42+,45?,46-,47+,48+,49-,50-/m0/s1. The van der Waals surface area contributed by atoms with Gasteiger partial charge in [-0.3, -0.25) is 9.59 Å². The van der Waals surface area contributed by atoms with Crippen LogP contribution >= 0.6 is 0 Å². The fourth-order valence-corrected chi connectivity index (χ4v) is 12.8. The average Bonchev–Trinajstić information content (AvgIpc) is 3.76. The molecule has 5 heterocycles. The minimum Gasteiger partial charge on any atom is -0.481 e. The second-order valence-corrected chi connectivity index (χ2v) is 21.5. The molecule has 68 heavy (non-hydrogen) atoms. The van der Waals surface area contributed by atoms with Crippen molar-refractivity contribution in [1.82, 2.24) is 5.32 Å². The van der Waals surface area contributed by atoms with Gasteiger partial charge in [0.1, 0.15) is 17.5 Å². The first-order chi connectivity index (χ1) is 31.7. The molecule has 382 valence electrons. The second kappa shape index (κ2) is 18.7. The summed E-state index contributed by atoms with van der Waals surface area (Å²) in [4.78, 5) is 40.5. The van der Waals surface area contributed by atoms with E-state index in [1.165, 1.54) is 0 Å². The monoisotopic (exact) mass is 970 g/mol. The maximum absolute atomic E-state index is 14.8. The number of carbonyl (C=O) groups excluding carboxylic acids is 2. The highest BCUT2D eigenvalue weighted by atomic mass is 19.2. The summed E-state index contributed by atoms with van der Waals surface area (Å²) in [5, 5.41) is 37.6. The van der Waals surface area contributed by atoms with Gasteiger partial charge in [0.05, 0.1) is 53.2 Å². The number of carboxylic acid groups (broad SMARTS) is 1. The van der Waals surface area contributed by atoms with Crippen molar-refractivity contribution in [2.24, 2.45) is 40.9 Å². The minimum atomic E-state index is -2.38. The quantitative estimate of drug-likeness (QED) is 0.0551. The van der Waals surface area contributed by atoms with Crippen LogP contribution in [0, 0.1) is 70.0 Å². The Balaban J connectivity index is 1.16. The van der Waals surface area contributed by atoms with Gasteiger partial charge in [-0.05, 0) is 96.0 Å². The first-order valence-electron chi connectivity index (χ1n) is 24.6. The maximum Gasteiger partial charge on any atom is 0.320 e. The van der Waals surface area contributed by atoms with Crippen LogP contribution in [0.3, 0.4) is 0 Å². The largest absolute Gasteiger partial charge is 0.481 e.